The van der Waals surface area contributed by atoms with Crippen molar-refractivity contribution in [1.82, 2.24) is 0 Å². The molecule has 1 heterocycles. The van der Waals surface area contributed by atoms with Crippen LogP contribution in [0.5, 0.6) is 0 Å². The van der Waals surface area contributed by atoms with Gasteiger partial charge in [-0.1, -0.05) is 35.3 Å². The van der Waals surface area contributed by atoms with Crippen LogP contribution in [0.15, 0.2) is 35.7 Å². The Kier molecular flexibility index (Phi) is 3.86. The highest BCUT2D eigenvalue weighted by molar-refractivity contribution is 7.11. The third-order valence-corrected chi connectivity index (χ3v) is 3.63. The van der Waals surface area contributed by atoms with Gasteiger partial charge in [-0.05, 0) is 35.2 Å². The van der Waals surface area contributed by atoms with Crippen LogP contribution in [-0.4, -0.2) is 0 Å². The van der Waals surface area contributed by atoms with Gasteiger partial charge in [0.1, 0.15) is 6.07 Å². The molecule has 0 unspecified atom stereocenters. The molecule has 0 bridgehead atoms. The first kappa shape index (κ1) is 12.2. The molecule has 0 aliphatic heterocycles. The Labute approximate surface area is 114 Å². The highest BCUT2D eigenvalue weighted by Gasteiger charge is 2.04. The van der Waals surface area contributed by atoms with Crippen molar-refractivity contribution in [3.8, 4) is 6.07 Å². The predicted molar refractivity (Wildman–Crippen MR) is 74.3 cm³/mol. The quantitative estimate of drug-likeness (QED) is 0.700. The fourth-order valence-corrected chi connectivity index (χ4v) is 2.52. The third-order valence-electron chi connectivity index (χ3n) is 2.17. The molecule has 0 spiro atoms. The number of benzene rings is 1. The molecule has 0 aliphatic carbocycles. The van der Waals surface area contributed by atoms with E-state index in [0.29, 0.717) is 15.6 Å². The van der Waals surface area contributed by atoms with E-state index in [4.69, 9.17) is 28.5 Å². The smallest absolute Gasteiger partial charge is 0.101 e. The number of hydrogen-bond donors (Lipinski definition) is 0. The normalized spacial score (nSPS) is 11.2. The summed E-state index contributed by atoms with van der Waals surface area (Å²) in [6.45, 7) is 0. The zero-order chi connectivity index (χ0) is 12.3. The topological polar surface area (TPSA) is 23.8 Å². The average molecular weight is 280 g/mol. The lowest BCUT2D eigenvalue weighted by Crippen LogP contribution is -1.79. The first-order valence-electron chi connectivity index (χ1n) is 4.81. The minimum Gasteiger partial charge on any atom is -0.192 e. The van der Waals surface area contributed by atoms with Crippen LogP contribution >= 0.6 is 34.5 Å². The van der Waals surface area contributed by atoms with E-state index < -0.39 is 0 Å². The first-order chi connectivity index (χ1) is 8.20. The second-order valence-electron chi connectivity index (χ2n) is 3.31. The van der Waals surface area contributed by atoms with Crippen molar-refractivity contribution in [2.24, 2.45) is 0 Å². The van der Waals surface area contributed by atoms with Crippen molar-refractivity contribution in [1.29, 1.82) is 5.26 Å². The number of nitrogens with zero attached hydrogens (tertiary/aromatic N) is 1. The van der Waals surface area contributed by atoms with E-state index in [9.17, 15) is 0 Å². The van der Waals surface area contributed by atoms with Crippen molar-refractivity contribution in [3.63, 3.8) is 0 Å². The van der Waals surface area contributed by atoms with Gasteiger partial charge in [-0.2, -0.15) is 5.26 Å². The second kappa shape index (κ2) is 5.37. The number of thiophene rings is 1. The minimum absolute atomic E-state index is 0.543. The third kappa shape index (κ3) is 2.89. The molecule has 2 rings (SSSR count). The van der Waals surface area contributed by atoms with Crippen LogP contribution < -0.4 is 0 Å². The Hall–Kier alpha value is -1.27. The van der Waals surface area contributed by atoms with E-state index in [-0.39, 0.29) is 0 Å². The summed E-state index contributed by atoms with van der Waals surface area (Å²) in [7, 11) is 0. The Morgan fingerprint density at radius 2 is 2.12 bits per heavy atom. The maximum atomic E-state index is 9.12. The zero-order valence-electron chi connectivity index (χ0n) is 8.65. The highest BCUT2D eigenvalue weighted by Crippen LogP contribution is 2.27. The largest absolute Gasteiger partial charge is 0.192 e. The molecule has 0 atom stereocenters. The molecule has 0 fully saturated rings. The number of hydrogen-bond acceptors (Lipinski definition) is 2. The van der Waals surface area contributed by atoms with Gasteiger partial charge in [-0.25, -0.2) is 0 Å². The Balaban J connectivity index is 2.44. The molecule has 0 N–H and O–H groups in total. The molecule has 0 aliphatic rings. The van der Waals surface area contributed by atoms with Crippen LogP contribution in [0.1, 0.15) is 10.4 Å². The Morgan fingerprint density at radius 1 is 1.29 bits per heavy atom. The summed E-state index contributed by atoms with van der Waals surface area (Å²) in [5, 5.41) is 12.2. The lowest BCUT2D eigenvalue weighted by molar-refractivity contribution is 1.54. The van der Waals surface area contributed by atoms with Gasteiger partial charge in [-0.15, -0.1) is 11.3 Å². The van der Waals surface area contributed by atoms with Gasteiger partial charge in [-0.3, -0.25) is 0 Å². The molecule has 1 aromatic heterocycles. The van der Waals surface area contributed by atoms with Gasteiger partial charge < -0.3 is 0 Å². The Morgan fingerprint density at radius 3 is 2.71 bits per heavy atom. The Bertz CT molecular complexity index is 594. The summed E-state index contributed by atoms with van der Waals surface area (Å²) in [4.78, 5) is 0.929. The van der Waals surface area contributed by atoms with Crippen molar-refractivity contribution in [3.05, 3.63) is 56.2 Å². The summed E-state index contributed by atoms with van der Waals surface area (Å²) >= 11 is 13.4. The summed E-state index contributed by atoms with van der Waals surface area (Å²) < 4.78 is 0. The highest BCUT2D eigenvalue weighted by atomic mass is 35.5. The van der Waals surface area contributed by atoms with Crippen molar-refractivity contribution >= 4 is 46.2 Å². The van der Waals surface area contributed by atoms with Crippen molar-refractivity contribution < 1.29 is 0 Å². The van der Waals surface area contributed by atoms with Crippen LogP contribution in [0.25, 0.3) is 11.6 Å². The van der Waals surface area contributed by atoms with E-state index in [2.05, 4.69) is 6.07 Å². The van der Waals surface area contributed by atoms with Gasteiger partial charge >= 0.3 is 0 Å². The number of halogens is 2. The van der Waals surface area contributed by atoms with Crippen molar-refractivity contribution in [2.45, 2.75) is 0 Å². The summed E-state index contributed by atoms with van der Waals surface area (Å²) in [6, 6.07) is 11.2. The summed E-state index contributed by atoms with van der Waals surface area (Å²) in [5.74, 6) is 0. The number of allylic oxidation sites excluding steroid dienone is 1. The predicted octanol–water partition coefficient (Wildman–Crippen LogP) is 5.12. The number of nitriles is 1. The van der Waals surface area contributed by atoms with Crippen LogP contribution in [0.3, 0.4) is 0 Å². The van der Waals surface area contributed by atoms with E-state index >= 15 is 0 Å². The monoisotopic (exact) mass is 279 g/mol. The molecule has 0 saturated heterocycles. The molecule has 1 nitrogen and oxygen atoms in total. The molecule has 0 saturated carbocycles. The molecular weight excluding hydrogens is 273 g/mol. The standard InChI is InChI=1S/C13H7Cl2NS/c14-11-4-3-9(12(15)7-11)6-10(8-16)13-2-1-5-17-13/h1-7H/b10-6-. The number of rotatable bonds is 2. The van der Waals surface area contributed by atoms with E-state index in [1.807, 2.05) is 17.5 Å². The molecule has 2 aromatic rings. The molecule has 84 valence electrons. The molecule has 1 aromatic carbocycles. The average Bonchev–Trinajstić information content (AvgIpc) is 2.81. The molecular formula is C13H7Cl2NS. The summed E-state index contributed by atoms with van der Waals surface area (Å²) in [6.07, 6.45) is 1.77. The van der Waals surface area contributed by atoms with Gasteiger partial charge in [0.15, 0.2) is 0 Å². The van der Waals surface area contributed by atoms with Crippen LogP contribution in [0.2, 0.25) is 10.0 Å². The maximum absolute atomic E-state index is 9.12. The van der Waals surface area contributed by atoms with E-state index in [0.717, 1.165) is 10.4 Å². The molecule has 0 amide bonds. The van der Waals surface area contributed by atoms with Crippen LogP contribution in [0.4, 0.5) is 0 Å². The first-order valence-corrected chi connectivity index (χ1v) is 6.45. The van der Waals surface area contributed by atoms with Crippen molar-refractivity contribution in [2.75, 3.05) is 0 Å². The lowest BCUT2D eigenvalue weighted by Gasteiger charge is -2.00. The van der Waals surface area contributed by atoms with Gasteiger partial charge in [0.05, 0.1) is 5.57 Å². The second-order valence-corrected chi connectivity index (χ2v) is 5.10. The van der Waals surface area contributed by atoms with Crippen LogP contribution in [0, 0.1) is 11.3 Å². The van der Waals surface area contributed by atoms with E-state index in [1.165, 1.54) is 11.3 Å². The SMILES string of the molecule is N#C/C(=C/c1ccc(Cl)cc1Cl)c1cccs1. The van der Waals surface area contributed by atoms with Gasteiger partial charge in [0.25, 0.3) is 0 Å². The molecule has 17 heavy (non-hydrogen) atoms. The van der Waals surface area contributed by atoms with E-state index in [1.54, 1.807) is 24.3 Å². The van der Waals surface area contributed by atoms with Gasteiger partial charge in [0.2, 0.25) is 0 Å². The zero-order valence-corrected chi connectivity index (χ0v) is 11.0. The maximum Gasteiger partial charge on any atom is 0.101 e. The minimum atomic E-state index is 0.543. The fourth-order valence-electron chi connectivity index (χ4n) is 1.36. The fraction of sp³-hybridized carbons (Fsp3) is 0. The molecule has 4 heteroatoms. The lowest BCUT2D eigenvalue weighted by atomic mass is 10.1. The van der Waals surface area contributed by atoms with Crippen LogP contribution in [-0.2, 0) is 0 Å². The molecule has 0 radical (unpaired) electrons. The van der Waals surface area contributed by atoms with Gasteiger partial charge in [0, 0.05) is 14.9 Å². The summed E-state index contributed by atoms with van der Waals surface area (Å²) in [5.41, 5.74) is 1.39.